The van der Waals surface area contributed by atoms with Gasteiger partial charge in [0.05, 0.1) is 29.9 Å². The van der Waals surface area contributed by atoms with E-state index in [1.165, 1.54) is 23.9 Å². The van der Waals surface area contributed by atoms with Gasteiger partial charge in [-0.05, 0) is 91.1 Å². The molecular weight excluding hydrogens is 460 g/mol. The van der Waals surface area contributed by atoms with Crippen LogP contribution in [-0.4, -0.2) is 33.2 Å². The first-order valence-electron chi connectivity index (χ1n) is 10.5. The molecule has 0 atom stereocenters. The highest BCUT2D eigenvalue weighted by Gasteiger charge is 2.24. The van der Waals surface area contributed by atoms with Crippen LogP contribution in [0.2, 0.25) is 0 Å². The van der Waals surface area contributed by atoms with Crippen LogP contribution in [0.15, 0.2) is 86.3 Å². The van der Waals surface area contributed by atoms with Crippen LogP contribution in [0.3, 0.4) is 0 Å². The number of ether oxygens (including phenoxy) is 2. The molecule has 0 spiro atoms. The molecule has 4 rings (SSSR count). The van der Waals surface area contributed by atoms with Crippen LogP contribution in [0.25, 0.3) is 0 Å². The van der Waals surface area contributed by atoms with Gasteiger partial charge in [-0.25, -0.2) is 8.42 Å². The summed E-state index contributed by atoms with van der Waals surface area (Å²) < 4.78 is 37.5. The fourth-order valence-electron chi connectivity index (χ4n) is 3.25. The average molecular weight is 485 g/mol. The summed E-state index contributed by atoms with van der Waals surface area (Å²) in [5.41, 5.74) is 0.390. The summed E-state index contributed by atoms with van der Waals surface area (Å²) >= 11 is 1.51. The van der Waals surface area contributed by atoms with Gasteiger partial charge in [-0.3, -0.25) is 4.79 Å². The van der Waals surface area contributed by atoms with Crippen LogP contribution in [0, 0.1) is 5.92 Å². The van der Waals surface area contributed by atoms with E-state index in [-0.39, 0.29) is 16.2 Å². The Morgan fingerprint density at radius 1 is 0.939 bits per heavy atom. The van der Waals surface area contributed by atoms with Gasteiger partial charge in [-0.1, -0.05) is 11.8 Å². The number of carboxylic acids is 1. The van der Waals surface area contributed by atoms with Crippen LogP contribution < -0.4 is 9.47 Å². The first-order chi connectivity index (χ1) is 15.8. The first-order valence-corrected chi connectivity index (χ1v) is 12.8. The Balaban J connectivity index is 1.56. The van der Waals surface area contributed by atoms with E-state index >= 15 is 0 Å². The quantitative estimate of drug-likeness (QED) is 0.428. The molecule has 1 saturated carbocycles. The van der Waals surface area contributed by atoms with Crippen molar-refractivity contribution in [3.63, 3.8) is 0 Å². The largest absolute Gasteiger partial charge is 0.497 e. The number of carboxylic acid groups (broad SMARTS) is 1. The molecule has 3 aromatic rings. The molecule has 1 fully saturated rings. The molecule has 0 unspecified atom stereocenters. The summed E-state index contributed by atoms with van der Waals surface area (Å²) in [5, 5.41) is 9.18. The van der Waals surface area contributed by atoms with Crippen molar-refractivity contribution in [2.75, 3.05) is 13.7 Å². The zero-order chi connectivity index (χ0) is 23.4. The van der Waals surface area contributed by atoms with Gasteiger partial charge in [-0.15, -0.1) is 0 Å². The second-order valence-corrected chi connectivity index (χ2v) is 11.0. The van der Waals surface area contributed by atoms with Crippen LogP contribution >= 0.6 is 11.8 Å². The third-order valence-electron chi connectivity index (χ3n) is 5.22. The fraction of sp³-hybridized carbons (Fsp3) is 0.240. The summed E-state index contributed by atoms with van der Waals surface area (Å²) in [5.74, 6) is 0.610. The Morgan fingerprint density at radius 2 is 1.58 bits per heavy atom. The topological polar surface area (TPSA) is 89.9 Å². The standard InChI is InChI=1S/C25H24O6S2/c1-30-19-4-6-21(7-5-19)32-22-8-10-23(11-9-22)33(28,29)24-13-18(14-25(26)27)12-20(15-24)31-16-17-2-3-17/h4-13,15,17H,2-3,14,16H2,1H3,(H,26,27). The van der Waals surface area contributed by atoms with Gasteiger partial charge in [0, 0.05) is 9.79 Å². The second-order valence-electron chi connectivity index (χ2n) is 7.89. The van der Waals surface area contributed by atoms with Gasteiger partial charge >= 0.3 is 5.97 Å². The minimum absolute atomic E-state index is 0.0302. The van der Waals surface area contributed by atoms with Crippen molar-refractivity contribution in [2.24, 2.45) is 5.92 Å². The minimum Gasteiger partial charge on any atom is -0.497 e. The number of rotatable bonds is 10. The molecule has 0 saturated heterocycles. The van der Waals surface area contributed by atoms with Crippen LogP contribution in [0.5, 0.6) is 11.5 Å². The SMILES string of the molecule is COc1ccc(Sc2ccc(S(=O)(=O)c3cc(CC(=O)O)cc(OCC4CC4)c3)cc2)cc1. The van der Waals surface area contributed by atoms with Crippen molar-refractivity contribution in [3.8, 4) is 11.5 Å². The Morgan fingerprint density at radius 3 is 2.15 bits per heavy atom. The molecule has 0 aliphatic heterocycles. The molecule has 1 aliphatic rings. The van der Waals surface area contributed by atoms with Crippen LogP contribution in [0.4, 0.5) is 0 Å². The summed E-state index contributed by atoms with van der Waals surface area (Å²) in [6, 6.07) is 18.7. The molecule has 0 aromatic heterocycles. The normalized spacial score (nSPS) is 13.5. The van der Waals surface area contributed by atoms with E-state index in [1.54, 1.807) is 37.4 Å². The smallest absolute Gasteiger partial charge is 0.307 e. The van der Waals surface area contributed by atoms with Crippen molar-refractivity contribution in [2.45, 2.75) is 38.8 Å². The summed E-state index contributed by atoms with van der Waals surface area (Å²) in [6.45, 7) is 0.507. The van der Waals surface area contributed by atoms with Gasteiger partial charge in [0.2, 0.25) is 9.84 Å². The number of aliphatic carboxylic acids is 1. The molecule has 33 heavy (non-hydrogen) atoms. The Kier molecular flexibility index (Phi) is 6.95. The van der Waals surface area contributed by atoms with E-state index in [4.69, 9.17) is 9.47 Å². The van der Waals surface area contributed by atoms with Crippen LogP contribution in [-0.2, 0) is 21.1 Å². The van der Waals surface area contributed by atoms with Gasteiger partial charge in [0.1, 0.15) is 11.5 Å². The number of methoxy groups -OCH3 is 1. The van der Waals surface area contributed by atoms with Crippen molar-refractivity contribution in [1.82, 2.24) is 0 Å². The lowest BCUT2D eigenvalue weighted by Crippen LogP contribution is -2.07. The zero-order valence-electron chi connectivity index (χ0n) is 18.1. The van der Waals surface area contributed by atoms with E-state index in [9.17, 15) is 18.3 Å². The maximum atomic E-state index is 13.3. The molecule has 6 nitrogen and oxygen atoms in total. The van der Waals surface area contributed by atoms with Gasteiger partial charge in [0.25, 0.3) is 0 Å². The Bertz CT molecular complexity index is 1230. The van der Waals surface area contributed by atoms with Crippen molar-refractivity contribution >= 4 is 27.6 Å². The minimum atomic E-state index is -3.84. The predicted molar refractivity (Wildman–Crippen MR) is 125 cm³/mol. The Hall–Kier alpha value is -2.97. The number of hydrogen-bond donors (Lipinski definition) is 1. The lowest BCUT2D eigenvalue weighted by atomic mass is 10.1. The van der Waals surface area contributed by atoms with E-state index in [0.29, 0.717) is 23.8 Å². The zero-order valence-corrected chi connectivity index (χ0v) is 19.7. The van der Waals surface area contributed by atoms with Crippen LogP contribution in [0.1, 0.15) is 18.4 Å². The molecule has 1 aliphatic carbocycles. The highest BCUT2D eigenvalue weighted by molar-refractivity contribution is 7.99. The van der Waals surface area contributed by atoms with E-state index in [0.717, 1.165) is 28.4 Å². The third kappa shape index (κ3) is 6.09. The molecule has 3 aromatic carbocycles. The number of sulfone groups is 1. The number of carbonyl (C=O) groups is 1. The molecule has 0 radical (unpaired) electrons. The van der Waals surface area contributed by atoms with Crippen molar-refractivity contribution in [1.29, 1.82) is 0 Å². The summed E-state index contributed by atoms with van der Waals surface area (Å²) in [4.78, 5) is 13.3. The molecule has 172 valence electrons. The molecule has 0 heterocycles. The number of benzene rings is 3. The highest BCUT2D eigenvalue weighted by atomic mass is 32.2. The van der Waals surface area contributed by atoms with Crippen molar-refractivity contribution in [3.05, 3.63) is 72.3 Å². The number of hydrogen-bond acceptors (Lipinski definition) is 6. The monoisotopic (exact) mass is 484 g/mol. The lowest BCUT2D eigenvalue weighted by Gasteiger charge is -2.12. The molecule has 0 amide bonds. The van der Waals surface area contributed by atoms with E-state index < -0.39 is 15.8 Å². The first kappa shape index (κ1) is 23.2. The third-order valence-corrected chi connectivity index (χ3v) is 7.98. The van der Waals surface area contributed by atoms with E-state index in [2.05, 4.69) is 0 Å². The maximum Gasteiger partial charge on any atom is 0.307 e. The molecule has 8 heteroatoms. The van der Waals surface area contributed by atoms with Gasteiger partial charge in [0.15, 0.2) is 0 Å². The average Bonchev–Trinajstić information content (AvgIpc) is 3.63. The van der Waals surface area contributed by atoms with Gasteiger partial charge < -0.3 is 14.6 Å². The maximum absolute atomic E-state index is 13.3. The fourth-order valence-corrected chi connectivity index (χ4v) is 5.41. The van der Waals surface area contributed by atoms with Gasteiger partial charge in [-0.2, -0.15) is 0 Å². The molecule has 1 N–H and O–H groups in total. The lowest BCUT2D eigenvalue weighted by molar-refractivity contribution is -0.136. The predicted octanol–water partition coefficient (Wildman–Crippen LogP) is 5.10. The molecular formula is C25H24O6S2. The van der Waals surface area contributed by atoms with E-state index in [1.807, 2.05) is 24.3 Å². The van der Waals surface area contributed by atoms with Crippen molar-refractivity contribution < 1.29 is 27.8 Å². The Labute approximate surface area is 197 Å². The molecule has 0 bridgehead atoms. The summed E-state index contributed by atoms with van der Waals surface area (Å²) in [6.07, 6.45) is 1.92. The highest BCUT2D eigenvalue weighted by Crippen LogP contribution is 2.33. The second kappa shape index (κ2) is 9.89. The summed E-state index contributed by atoms with van der Waals surface area (Å²) in [7, 11) is -2.23.